The molecule has 1 aliphatic rings. The number of aryl methyl sites for hydroxylation is 1. The third-order valence-electron chi connectivity index (χ3n) is 3.54. The summed E-state index contributed by atoms with van der Waals surface area (Å²) >= 11 is 3.51. The van der Waals surface area contributed by atoms with Crippen molar-refractivity contribution in [3.63, 3.8) is 0 Å². The Kier molecular flexibility index (Phi) is 3.50. The van der Waals surface area contributed by atoms with E-state index in [1.54, 1.807) is 0 Å². The minimum absolute atomic E-state index is 0.226. The van der Waals surface area contributed by atoms with Gasteiger partial charge in [0.05, 0.1) is 23.2 Å². The Hall–Kier alpha value is -1.07. The molecule has 1 aliphatic heterocycles. The Morgan fingerprint density at radius 1 is 1.37 bits per heavy atom. The van der Waals surface area contributed by atoms with E-state index < -0.39 is 0 Å². The second-order valence-electron chi connectivity index (χ2n) is 5.09. The van der Waals surface area contributed by atoms with E-state index >= 15 is 0 Å². The maximum absolute atomic E-state index is 5.88. The molecule has 0 radical (unpaired) electrons. The Bertz CT molecular complexity index is 583. The Labute approximate surface area is 121 Å². The monoisotopic (exact) mass is 323 g/mol. The van der Waals surface area contributed by atoms with Gasteiger partial charge in [0.2, 0.25) is 5.95 Å². The SMILES string of the molecule is CC1CN(c2nc3ccccc3n2C)CC(CBr)O1. The van der Waals surface area contributed by atoms with Gasteiger partial charge in [-0.15, -0.1) is 0 Å². The summed E-state index contributed by atoms with van der Waals surface area (Å²) in [7, 11) is 2.08. The van der Waals surface area contributed by atoms with Gasteiger partial charge in [-0.3, -0.25) is 0 Å². The molecule has 0 bridgehead atoms. The number of para-hydroxylation sites is 2. The molecule has 102 valence electrons. The van der Waals surface area contributed by atoms with Crippen LogP contribution in [0, 0.1) is 0 Å². The van der Waals surface area contributed by atoms with Crippen LogP contribution in [0.3, 0.4) is 0 Å². The molecule has 5 heteroatoms. The highest BCUT2D eigenvalue weighted by Gasteiger charge is 2.27. The first-order valence-corrected chi connectivity index (χ1v) is 7.69. The molecule has 1 aromatic carbocycles. The topological polar surface area (TPSA) is 30.3 Å². The molecule has 2 unspecified atom stereocenters. The van der Waals surface area contributed by atoms with Gasteiger partial charge >= 0.3 is 0 Å². The molecule has 0 aliphatic carbocycles. The lowest BCUT2D eigenvalue weighted by atomic mass is 10.2. The molecule has 1 aromatic heterocycles. The lowest BCUT2D eigenvalue weighted by Gasteiger charge is -2.36. The smallest absolute Gasteiger partial charge is 0.206 e. The van der Waals surface area contributed by atoms with Gasteiger partial charge in [-0.1, -0.05) is 28.1 Å². The Morgan fingerprint density at radius 2 is 2.16 bits per heavy atom. The van der Waals surface area contributed by atoms with E-state index in [9.17, 15) is 0 Å². The predicted molar refractivity (Wildman–Crippen MR) is 81.1 cm³/mol. The molecule has 0 N–H and O–H groups in total. The summed E-state index contributed by atoms with van der Waals surface area (Å²) in [6.45, 7) is 3.89. The van der Waals surface area contributed by atoms with E-state index in [0.717, 1.165) is 29.9 Å². The highest BCUT2D eigenvalue weighted by molar-refractivity contribution is 9.09. The van der Waals surface area contributed by atoms with Crippen molar-refractivity contribution >= 4 is 32.9 Å². The van der Waals surface area contributed by atoms with Crippen LogP contribution in [0.5, 0.6) is 0 Å². The van der Waals surface area contributed by atoms with Crippen molar-refractivity contribution < 1.29 is 4.74 Å². The fourth-order valence-corrected chi connectivity index (χ4v) is 3.07. The summed E-state index contributed by atoms with van der Waals surface area (Å²) in [5.41, 5.74) is 2.22. The molecular formula is C14H18BrN3O. The summed E-state index contributed by atoms with van der Waals surface area (Å²) < 4.78 is 8.04. The number of imidazole rings is 1. The number of nitrogens with zero attached hydrogens (tertiary/aromatic N) is 3. The third kappa shape index (κ3) is 2.37. The van der Waals surface area contributed by atoms with Gasteiger partial charge < -0.3 is 14.2 Å². The van der Waals surface area contributed by atoms with Gasteiger partial charge in [0.25, 0.3) is 0 Å². The van der Waals surface area contributed by atoms with Crippen LogP contribution in [0.4, 0.5) is 5.95 Å². The predicted octanol–water partition coefficient (Wildman–Crippen LogP) is 2.56. The first-order valence-electron chi connectivity index (χ1n) is 6.57. The molecular weight excluding hydrogens is 306 g/mol. The molecule has 0 saturated carbocycles. The largest absolute Gasteiger partial charge is 0.371 e. The molecule has 0 spiro atoms. The fourth-order valence-electron chi connectivity index (χ4n) is 2.71. The highest BCUT2D eigenvalue weighted by atomic mass is 79.9. The van der Waals surface area contributed by atoms with Gasteiger partial charge in [-0.05, 0) is 19.1 Å². The standard InChI is InChI=1S/C14H18BrN3O/c1-10-8-18(9-11(7-15)19-10)14-16-12-5-3-4-6-13(12)17(14)2/h3-6,10-11H,7-9H2,1-2H3. The average molecular weight is 324 g/mol. The van der Waals surface area contributed by atoms with Crippen LogP contribution in [0.15, 0.2) is 24.3 Å². The van der Waals surface area contributed by atoms with Crippen molar-refractivity contribution in [3.8, 4) is 0 Å². The highest BCUT2D eigenvalue weighted by Crippen LogP contribution is 2.24. The van der Waals surface area contributed by atoms with Crippen molar-refractivity contribution in [1.82, 2.24) is 9.55 Å². The Balaban J connectivity index is 1.97. The first kappa shape index (κ1) is 12.9. The number of rotatable bonds is 2. The molecule has 2 atom stereocenters. The van der Waals surface area contributed by atoms with Crippen molar-refractivity contribution in [3.05, 3.63) is 24.3 Å². The fraction of sp³-hybridized carbons (Fsp3) is 0.500. The maximum atomic E-state index is 5.88. The van der Waals surface area contributed by atoms with Crippen molar-refractivity contribution in [2.45, 2.75) is 19.1 Å². The van der Waals surface area contributed by atoms with Crippen LogP contribution in [0.1, 0.15) is 6.92 Å². The molecule has 0 amide bonds. The second kappa shape index (κ2) is 5.13. The number of anilines is 1. The van der Waals surface area contributed by atoms with Crippen LogP contribution in [-0.2, 0) is 11.8 Å². The van der Waals surface area contributed by atoms with Gasteiger partial charge in [0.1, 0.15) is 0 Å². The lowest BCUT2D eigenvalue weighted by Crippen LogP contribution is -2.48. The summed E-state index contributed by atoms with van der Waals surface area (Å²) in [6.07, 6.45) is 0.458. The number of aromatic nitrogens is 2. The van der Waals surface area contributed by atoms with Crippen LogP contribution in [-0.4, -0.2) is 40.2 Å². The van der Waals surface area contributed by atoms with E-state index in [1.165, 1.54) is 5.52 Å². The van der Waals surface area contributed by atoms with Gasteiger partial charge in [0.15, 0.2) is 0 Å². The number of hydrogen-bond acceptors (Lipinski definition) is 3. The van der Waals surface area contributed by atoms with Crippen LogP contribution in [0.25, 0.3) is 11.0 Å². The van der Waals surface area contributed by atoms with Gasteiger partial charge in [0, 0.05) is 25.5 Å². The Morgan fingerprint density at radius 3 is 2.89 bits per heavy atom. The third-order valence-corrected chi connectivity index (χ3v) is 4.27. The summed E-state index contributed by atoms with van der Waals surface area (Å²) in [6, 6.07) is 8.25. The molecule has 2 aromatic rings. The van der Waals surface area contributed by atoms with E-state index in [-0.39, 0.29) is 12.2 Å². The number of benzene rings is 1. The van der Waals surface area contributed by atoms with Crippen LogP contribution < -0.4 is 4.90 Å². The number of ether oxygens (including phenoxy) is 1. The zero-order valence-electron chi connectivity index (χ0n) is 11.2. The number of fused-ring (bicyclic) bond motifs is 1. The molecule has 1 fully saturated rings. The van der Waals surface area contributed by atoms with Crippen LogP contribution >= 0.6 is 15.9 Å². The molecule has 2 heterocycles. The number of alkyl halides is 1. The summed E-state index contributed by atoms with van der Waals surface area (Å²) in [5.74, 6) is 1.03. The van der Waals surface area contributed by atoms with E-state index in [0.29, 0.717) is 0 Å². The van der Waals surface area contributed by atoms with Crippen LogP contribution in [0.2, 0.25) is 0 Å². The number of hydrogen-bond donors (Lipinski definition) is 0. The first-order chi connectivity index (χ1) is 9.19. The lowest BCUT2D eigenvalue weighted by molar-refractivity contribution is -0.00260. The zero-order chi connectivity index (χ0) is 13.4. The number of morpholine rings is 1. The van der Waals surface area contributed by atoms with E-state index in [1.807, 2.05) is 6.07 Å². The quantitative estimate of drug-likeness (QED) is 0.796. The minimum atomic E-state index is 0.226. The number of halogens is 1. The zero-order valence-corrected chi connectivity index (χ0v) is 12.8. The molecule has 19 heavy (non-hydrogen) atoms. The summed E-state index contributed by atoms with van der Waals surface area (Å²) in [4.78, 5) is 7.08. The summed E-state index contributed by atoms with van der Waals surface area (Å²) in [5, 5.41) is 0.859. The van der Waals surface area contributed by atoms with Gasteiger partial charge in [-0.25, -0.2) is 4.98 Å². The van der Waals surface area contributed by atoms with Crippen molar-refractivity contribution in [1.29, 1.82) is 0 Å². The van der Waals surface area contributed by atoms with E-state index in [4.69, 9.17) is 9.72 Å². The minimum Gasteiger partial charge on any atom is -0.371 e. The molecule has 4 nitrogen and oxygen atoms in total. The normalized spacial score (nSPS) is 24.1. The van der Waals surface area contributed by atoms with Crippen molar-refractivity contribution in [2.75, 3.05) is 23.3 Å². The second-order valence-corrected chi connectivity index (χ2v) is 5.74. The maximum Gasteiger partial charge on any atom is 0.206 e. The van der Waals surface area contributed by atoms with Gasteiger partial charge in [-0.2, -0.15) is 0 Å². The average Bonchev–Trinajstić information content (AvgIpc) is 2.76. The molecule has 1 saturated heterocycles. The van der Waals surface area contributed by atoms with Crippen molar-refractivity contribution in [2.24, 2.45) is 7.05 Å². The van der Waals surface area contributed by atoms with E-state index in [2.05, 4.69) is 57.6 Å². The molecule has 3 rings (SSSR count).